The van der Waals surface area contributed by atoms with Crippen molar-refractivity contribution >= 4 is 27.7 Å². The summed E-state index contributed by atoms with van der Waals surface area (Å²) >= 11 is 3.22. The Hall–Kier alpha value is -2.34. The number of nitrogens with one attached hydrogen (secondary N) is 1. The number of aryl methyl sites for hydroxylation is 1. The van der Waals surface area contributed by atoms with Crippen molar-refractivity contribution in [3.05, 3.63) is 64.2 Å². The van der Waals surface area contributed by atoms with E-state index in [1.54, 1.807) is 16.8 Å². The van der Waals surface area contributed by atoms with E-state index >= 15 is 0 Å². The molecule has 1 N–H and O–H groups in total. The lowest BCUT2D eigenvalue weighted by Crippen LogP contribution is -2.15. The molecule has 1 aliphatic carbocycles. The van der Waals surface area contributed by atoms with E-state index in [4.69, 9.17) is 4.42 Å². The van der Waals surface area contributed by atoms with Crippen LogP contribution in [0.2, 0.25) is 0 Å². The molecule has 0 saturated heterocycles. The molecule has 0 unspecified atom stereocenters. The molecule has 6 heteroatoms. The van der Waals surface area contributed by atoms with Crippen LogP contribution in [-0.4, -0.2) is 15.7 Å². The molecule has 3 aromatic rings. The van der Waals surface area contributed by atoms with Crippen molar-refractivity contribution in [1.82, 2.24) is 9.78 Å². The number of rotatable bonds is 3. The molecular formula is C17H14BrN3O2. The number of carbonyl (C=O) groups excluding carboxylic acids is 1. The van der Waals surface area contributed by atoms with Gasteiger partial charge >= 0.3 is 0 Å². The van der Waals surface area contributed by atoms with Crippen LogP contribution in [0, 0.1) is 0 Å². The van der Waals surface area contributed by atoms with Gasteiger partial charge in [0.1, 0.15) is 5.82 Å². The molecule has 0 spiro atoms. The zero-order valence-corrected chi connectivity index (χ0v) is 13.8. The Labute approximate surface area is 141 Å². The molecule has 0 fully saturated rings. The summed E-state index contributed by atoms with van der Waals surface area (Å²) in [5, 5.41) is 7.64. The number of halogens is 1. The fourth-order valence-corrected chi connectivity index (χ4v) is 3.19. The van der Waals surface area contributed by atoms with Crippen molar-refractivity contribution in [2.75, 3.05) is 5.32 Å². The van der Waals surface area contributed by atoms with Gasteiger partial charge in [0.15, 0.2) is 10.4 Å². The van der Waals surface area contributed by atoms with Gasteiger partial charge < -0.3 is 9.73 Å². The predicted octanol–water partition coefficient (Wildman–Crippen LogP) is 3.97. The fraction of sp³-hybridized carbons (Fsp3) is 0.176. The molecule has 2 aromatic heterocycles. The number of aromatic nitrogens is 2. The van der Waals surface area contributed by atoms with Crippen LogP contribution in [0.25, 0.3) is 5.69 Å². The number of benzene rings is 1. The molecule has 0 atom stereocenters. The normalized spacial score (nSPS) is 13.1. The minimum atomic E-state index is -0.275. The summed E-state index contributed by atoms with van der Waals surface area (Å²) < 4.78 is 7.67. The maximum absolute atomic E-state index is 12.4. The number of amides is 1. The Kier molecular flexibility index (Phi) is 3.53. The molecule has 23 heavy (non-hydrogen) atoms. The number of hydrogen-bond acceptors (Lipinski definition) is 3. The van der Waals surface area contributed by atoms with Crippen LogP contribution in [0.15, 0.2) is 51.6 Å². The molecule has 5 nitrogen and oxygen atoms in total. The van der Waals surface area contributed by atoms with E-state index in [1.165, 1.54) is 0 Å². The summed E-state index contributed by atoms with van der Waals surface area (Å²) in [5.41, 5.74) is 3.11. The maximum Gasteiger partial charge on any atom is 0.292 e. The van der Waals surface area contributed by atoms with Gasteiger partial charge in [0.05, 0.1) is 11.4 Å². The van der Waals surface area contributed by atoms with Crippen molar-refractivity contribution in [3.8, 4) is 5.69 Å². The molecule has 0 aliphatic heterocycles. The standard InChI is InChI=1S/C17H14BrN3O2/c18-15-10-9-14(23-15)17(22)19-16-12-7-4-8-13(12)20-21(16)11-5-2-1-3-6-11/h1-3,5-6,9-10H,4,7-8H2,(H,19,22). The van der Waals surface area contributed by atoms with Gasteiger partial charge in [-0.3, -0.25) is 4.79 Å². The first-order chi connectivity index (χ1) is 11.2. The smallest absolute Gasteiger partial charge is 0.292 e. The first-order valence-corrected chi connectivity index (χ1v) is 8.24. The molecule has 1 amide bonds. The topological polar surface area (TPSA) is 60.1 Å². The van der Waals surface area contributed by atoms with Gasteiger partial charge in [-0.1, -0.05) is 18.2 Å². The van der Waals surface area contributed by atoms with E-state index in [2.05, 4.69) is 26.3 Å². The summed E-state index contributed by atoms with van der Waals surface area (Å²) in [4.78, 5) is 12.4. The van der Waals surface area contributed by atoms with Crippen molar-refractivity contribution < 1.29 is 9.21 Å². The second-order valence-corrected chi connectivity index (χ2v) is 6.21. The van der Waals surface area contributed by atoms with Crippen LogP contribution < -0.4 is 5.32 Å². The number of hydrogen-bond donors (Lipinski definition) is 1. The van der Waals surface area contributed by atoms with Crippen molar-refractivity contribution in [2.45, 2.75) is 19.3 Å². The van der Waals surface area contributed by atoms with Gasteiger partial charge in [-0.2, -0.15) is 5.10 Å². The van der Waals surface area contributed by atoms with E-state index in [0.717, 1.165) is 42.0 Å². The Bertz CT molecular complexity index is 867. The summed E-state index contributed by atoms with van der Waals surface area (Å²) in [6.07, 6.45) is 2.95. The highest BCUT2D eigenvalue weighted by Crippen LogP contribution is 2.31. The SMILES string of the molecule is O=C(Nc1c2c(nn1-c1ccccc1)CCC2)c1ccc(Br)o1. The molecule has 0 saturated carbocycles. The Morgan fingerprint density at radius 2 is 2.00 bits per heavy atom. The van der Waals surface area contributed by atoms with E-state index in [1.807, 2.05) is 30.3 Å². The summed E-state index contributed by atoms with van der Waals surface area (Å²) in [5.74, 6) is 0.730. The van der Waals surface area contributed by atoms with Crippen LogP contribution >= 0.6 is 15.9 Å². The molecular weight excluding hydrogens is 358 g/mol. The van der Waals surface area contributed by atoms with Crippen molar-refractivity contribution in [1.29, 1.82) is 0 Å². The van der Waals surface area contributed by atoms with Gasteiger partial charge in [-0.15, -0.1) is 0 Å². The van der Waals surface area contributed by atoms with Crippen molar-refractivity contribution in [2.24, 2.45) is 0 Å². The molecule has 1 aromatic carbocycles. The number of carbonyl (C=O) groups is 1. The maximum atomic E-state index is 12.4. The van der Waals surface area contributed by atoms with Gasteiger partial charge in [0.2, 0.25) is 0 Å². The average molecular weight is 372 g/mol. The lowest BCUT2D eigenvalue weighted by atomic mass is 10.2. The van der Waals surface area contributed by atoms with E-state index in [0.29, 0.717) is 4.67 Å². The fourth-order valence-electron chi connectivity index (χ4n) is 2.88. The third kappa shape index (κ3) is 2.59. The number of furan rings is 1. The number of nitrogens with zero attached hydrogens (tertiary/aromatic N) is 2. The monoisotopic (exact) mass is 371 g/mol. The number of anilines is 1. The van der Waals surface area contributed by atoms with E-state index in [-0.39, 0.29) is 11.7 Å². The second kappa shape index (κ2) is 5.70. The molecule has 116 valence electrons. The summed E-state index contributed by atoms with van der Waals surface area (Å²) in [7, 11) is 0. The predicted molar refractivity (Wildman–Crippen MR) is 90.0 cm³/mol. The zero-order chi connectivity index (χ0) is 15.8. The third-order valence-electron chi connectivity index (χ3n) is 3.94. The average Bonchev–Trinajstić information content (AvgIpc) is 3.25. The van der Waals surface area contributed by atoms with Gasteiger partial charge in [0.25, 0.3) is 5.91 Å². The Balaban J connectivity index is 1.74. The van der Waals surface area contributed by atoms with Crippen LogP contribution in [0.3, 0.4) is 0 Å². The molecule has 1 aliphatic rings. The summed E-state index contributed by atoms with van der Waals surface area (Å²) in [6, 6.07) is 13.2. The van der Waals surface area contributed by atoms with Gasteiger partial charge in [-0.05, 0) is 59.5 Å². The highest BCUT2D eigenvalue weighted by molar-refractivity contribution is 9.10. The second-order valence-electron chi connectivity index (χ2n) is 5.43. The molecule has 4 rings (SSSR count). The van der Waals surface area contributed by atoms with Crippen molar-refractivity contribution in [3.63, 3.8) is 0 Å². The lowest BCUT2D eigenvalue weighted by Gasteiger charge is -2.10. The summed E-state index contributed by atoms with van der Waals surface area (Å²) in [6.45, 7) is 0. The first-order valence-electron chi connectivity index (χ1n) is 7.45. The number of fused-ring (bicyclic) bond motifs is 1. The Morgan fingerprint density at radius 3 is 2.74 bits per heavy atom. The lowest BCUT2D eigenvalue weighted by molar-refractivity contribution is 0.0994. The molecule has 2 heterocycles. The minimum Gasteiger partial charge on any atom is -0.444 e. The van der Waals surface area contributed by atoms with Crippen LogP contribution in [0.5, 0.6) is 0 Å². The largest absolute Gasteiger partial charge is 0.444 e. The van der Waals surface area contributed by atoms with Crippen LogP contribution in [0.4, 0.5) is 5.82 Å². The van der Waals surface area contributed by atoms with Gasteiger partial charge in [-0.25, -0.2) is 4.68 Å². The van der Waals surface area contributed by atoms with E-state index in [9.17, 15) is 4.79 Å². The highest BCUT2D eigenvalue weighted by Gasteiger charge is 2.25. The van der Waals surface area contributed by atoms with Crippen LogP contribution in [-0.2, 0) is 12.8 Å². The first kappa shape index (κ1) is 14.3. The Morgan fingerprint density at radius 1 is 1.17 bits per heavy atom. The van der Waals surface area contributed by atoms with E-state index < -0.39 is 0 Å². The highest BCUT2D eigenvalue weighted by atomic mass is 79.9. The number of para-hydroxylation sites is 1. The quantitative estimate of drug-likeness (QED) is 0.757. The third-order valence-corrected chi connectivity index (χ3v) is 4.36. The minimum absolute atomic E-state index is 0.268. The molecule has 0 bridgehead atoms. The molecule has 0 radical (unpaired) electrons. The van der Waals surface area contributed by atoms with Gasteiger partial charge in [0, 0.05) is 5.56 Å². The zero-order valence-electron chi connectivity index (χ0n) is 12.3. The van der Waals surface area contributed by atoms with Crippen LogP contribution in [0.1, 0.15) is 28.2 Å².